The lowest BCUT2D eigenvalue weighted by Gasteiger charge is -2.20. The monoisotopic (exact) mass is 204 g/mol. The summed E-state index contributed by atoms with van der Waals surface area (Å²) in [6.07, 6.45) is 0.705. The van der Waals surface area contributed by atoms with Gasteiger partial charge in [0.25, 0.3) is 5.79 Å². The lowest BCUT2D eigenvalue weighted by atomic mass is 10.0. The second-order valence-electron chi connectivity index (χ2n) is 3.66. The maximum atomic E-state index is 11.5. The summed E-state index contributed by atoms with van der Waals surface area (Å²) in [6, 6.07) is 7.00. The summed E-state index contributed by atoms with van der Waals surface area (Å²) in [5.74, 6) is -1.87. The highest BCUT2D eigenvalue weighted by atomic mass is 16.7. The second kappa shape index (κ2) is 2.59. The molecule has 0 aliphatic carbocycles. The Hall–Kier alpha value is -1.84. The molecule has 2 aliphatic rings. The zero-order valence-corrected chi connectivity index (χ0v) is 7.86. The first-order chi connectivity index (χ1) is 7.21. The molecule has 0 amide bonds. The van der Waals surface area contributed by atoms with Crippen molar-refractivity contribution in [1.82, 2.24) is 0 Å². The highest BCUT2D eigenvalue weighted by Gasteiger charge is 2.52. The zero-order chi connectivity index (χ0) is 10.5. The molecule has 0 N–H and O–H groups in total. The molecule has 0 bridgehead atoms. The first-order valence-corrected chi connectivity index (χ1v) is 4.76. The molecule has 4 nitrogen and oxygen atoms in total. The minimum Gasteiger partial charge on any atom is -0.418 e. The van der Waals surface area contributed by atoms with Gasteiger partial charge in [-0.1, -0.05) is 18.2 Å². The van der Waals surface area contributed by atoms with Crippen LogP contribution in [0.1, 0.15) is 28.8 Å². The van der Waals surface area contributed by atoms with Gasteiger partial charge in [0.1, 0.15) is 0 Å². The maximum absolute atomic E-state index is 11.5. The van der Waals surface area contributed by atoms with Crippen molar-refractivity contribution in [3.63, 3.8) is 0 Å². The van der Waals surface area contributed by atoms with Crippen molar-refractivity contribution in [3.05, 3.63) is 35.4 Å². The van der Waals surface area contributed by atoms with E-state index in [-0.39, 0.29) is 5.97 Å². The smallest absolute Gasteiger partial charge is 0.342 e. The number of esters is 2. The quantitative estimate of drug-likeness (QED) is 0.598. The van der Waals surface area contributed by atoms with E-state index in [1.165, 1.54) is 0 Å². The summed E-state index contributed by atoms with van der Waals surface area (Å²) in [4.78, 5) is 22.6. The first-order valence-electron chi connectivity index (χ1n) is 4.76. The Balaban J connectivity index is 2.16. The van der Waals surface area contributed by atoms with E-state index in [0.717, 1.165) is 0 Å². The fourth-order valence-corrected chi connectivity index (χ4v) is 2.07. The molecule has 4 heteroatoms. The third kappa shape index (κ3) is 1.02. The Bertz CT molecular complexity index is 465. The van der Waals surface area contributed by atoms with Crippen molar-refractivity contribution in [2.45, 2.75) is 18.6 Å². The van der Waals surface area contributed by atoms with Crippen molar-refractivity contribution in [3.8, 4) is 0 Å². The van der Waals surface area contributed by atoms with Crippen LogP contribution in [0.4, 0.5) is 0 Å². The van der Waals surface area contributed by atoms with Crippen LogP contribution in [-0.2, 0) is 20.1 Å². The Labute approximate surface area is 85.8 Å². The molecule has 1 saturated heterocycles. The molecule has 2 aliphatic heterocycles. The summed E-state index contributed by atoms with van der Waals surface area (Å²) in [6.45, 7) is 0. The molecule has 0 aromatic heterocycles. The lowest BCUT2D eigenvalue weighted by Crippen LogP contribution is -2.25. The molecule has 1 fully saturated rings. The number of fused-ring (bicyclic) bond motifs is 2. The predicted molar refractivity (Wildman–Crippen MR) is 48.9 cm³/mol. The van der Waals surface area contributed by atoms with Crippen LogP contribution < -0.4 is 0 Å². The summed E-state index contributed by atoms with van der Waals surface area (Å²) < 4.78 is 10.3. The maximum Gasteiger partial charge on any atom is 0.342 e. The fraction of sp³-hybridized carbons (Fsp3) is 0.273. The average molecular weight is 204 g/mol. The summed E-state index contributed by atoms with van der Waals surface area (Å²) in [5.41, 5.74) is 1.16. The van der Waals surface area contributed by atoms with Gasteiger partial charge in [-0.25, -0.2) is 4.79 Å². The van der Waals surface area contributed by atoms with Gasteiger partial charge >= 0.3 is 11.9 Å². The van der Waals surface area contributed by atoms with Gasteiger partial charge in [-0.3, -0.25) is 4.79 Å². The number of carbonyl (C=O) groups is 2. The highest BCUT2D eigenvalue weighted by Crippen LogP contribution is 2.44. The van der Waals surface area contributed by atoms with Crippen molar-refractivity contribution in [2.24, 2.45) is 0 Å². The van der Waals surface area contributed by atoms with Gasteiger partial charge in [-0.2, -0.15) is 0 Å². The molecule has 1 atom stereocenters. The van der Waals surface area contributed by atoms with Crippen LogP contribution in [0.5, 0.6) is 0 Å². The SMILES string of the molecule is O=C1CCC2(O1)OC(=O)c1ccccc12. The molecule has 76 valence electrons. The summed E-state index contributed by atoms with van der Waals surface area (Å²) in [7, 11) is 0. The number of carbonyl (C=O) groups excluding carboxylic acids is 2. The minimum absolute atomic E-state index is 0.293. The van der Waals surface area contributed by atoms with Gasteiger partial charge in [0, 0.05) is 6.42 Å². The average Bonchev–Trinajstić information content (AvgIpc) is 2.72. The third-order valence-corrected chi connectivity index (χ3v) is 2.75. The van der Waals surface area contributed by atoms with E-state index in [0.29, 0.717) is 24.0 Å². The standard InChI is InChI=1S/C11H8O4/c12-9-5-6-11(14-9)8-4-2-1-3-7(8)10(13)15-11/h1-4H,5-6H2. The third-order valence-electron chi connectivity index (χ3n) is 2.75. The van der Waals surface area contributed by atoms with Gasteiger partial charge in [-0.05, 0) is 6.07 Å². The van der Waals surface area contributed by atoms with Gasteiger partial charge < -0.3 is 9.47 Å². The van der Waals surface area contributed by atoms with E-state index in [9.17, 15) is 9.59 Å². The van der Waals surface area contributed by atoms with E-state index >= 15 is 0 Å². The Morgan fingerprint density at radius 2 is 1.93 bits per heavy atom. The summed E-state index contributed by atoms with van der Waals surface area (Å²) in [5, 5.41) is 0. The van der Waals surface area contributed by atoms with Gasteiger partial charge in [0.05, 0.1) is 17.5 Å². The van der Waals surface area contributed by atoms with Gasteiger partial charge in [-0.15, -0.1) is 0 Å². The largest absolute Gasteiger partial charge is 0.418 e. The van der Waals surface area contributed by atoms with E-state index < -0.39 is 11.8 Å². The van der Waals surface area contributed by atoms with Crippen LogP contribution in [0.25, 0.3) is 0 Å². The molecule has 2 heterocycles. The van der Waals surface area contributed by atoms with E-state index in [4.69, 9.17) is 9.47 Å². The second-order valence-corrected chi connectivity index (χ2v) is 3.66. The highest BCUT2D eigenvalue weighted by molar-refractivity contribution is 5.95. The molecule has 3 rings (SSSR count). The molecule has 1 aromatic rings. The van der Waals surface area contributed by atoms with Crippen LogP contribution in [0.2, 0.25) is 0 Å². The van der Waals surface area contributed by atoms with Crippen LogP contribution in [-0.4, -0.2) is 11.9 Å². The van der Waals surface area contributed by atoms with Gasteiger partial charge in [0.15, 0.2) is 0 Å². The molecular formula is C11H8O4. The molecule has 0 saturated carbocycles. The normalized spacial score (nSPS) is 27.7. The van der Waals surface area contributed by atoms with Crippen molar-refractivity contribution in [1.29, 1.82) is 0 Å². The number of rotatable bonds is 0. The van der Waals surface area contributed by atoms with Crippen molar-refractivity contribution in [2.75, 3.05) is 0 Å². The summed E-state index contributed by atoms with van der Waals surface area (Å²) >= 11 is 0. The van der Waals surface area contributed by atoms with Crippen LogP contribution >= 0.6 is 0 Å². The minimum atomic E-state index is -1.13. The molecular weight excluding hydrogens is 196 g/mol. The Kier molecular flexibility index (Phi) is 1.46. The Morgan fingerprint density at radius 1 is 1.13 bits per heavy atom. The van der Waals surface area contributed by atoms with Gasteiger partial charge in [0.2, 0.25) is 0 Å². The zero-order valence-electron chi connectivity index (χ0n) is 7.86. The van der Waals surface area contributed by atoms with E-state index in [1.54, 1.807) is 24.3 Å². The van der Waals surface area contributed by atoms with Crippen LogP contribution in [0.3, 0.4) is 0 Å². The number of benzene rings is 1. The van der Waals surface area contributed by atoms with Crippen molar-refractivity contribution >= 4 is 11.9 Å². The first kappa shape index (κ1) is 8.47. The van der Waals surface area contributed by atoms with Crippen molar-refractivity contribution < 1.29 is 19.1 Å². The van der Waals surface area contributed by atoms with E-state index in [1.807, 2.05) is 0 Å². The van der Waals surface area contributed by atoms with Crippen LogP contribution in [0, 0.1) is 0 Å². The number of hydrogen-bond donors (Lipinski definition) is 0. The van der Waals surface area contributed by atoms with Crippen LogP contribution in [0.15, 0.2) is 24.3 Å². The molecule has 1 aromatic carbocycles. The number of ether oxygens (including phenoxy) is 2. The molecule has 0 radical (unpaired) electrons. The van der Waals surface area contributed by atoms with E-state index in [2.05, 4.69) is 0 Å². The fourth-order valence-electron chi connectivity index (χ4n) is 2.07. The Morgan fingerprint density at radius 3 is 2.67 bits per heavy atom. The topological polar surface area (TPSA) is 52.6 Å². The molecule has 15 heavy (non-hydrogen) atoms. The molecule has 1 spiro atoms. The molecule has 1 unspecified atom stereocenters. The predicted octanol–water partition coefficient (Wildman–Crippen LogP) is 1.35. The number of hydrogen-bond acceptors (Lipinski definition) is 4. The lowest BCUT2D eigenvalue weighted by molar-refractivity contribution is -0.188.